The van der Waals surface area contributed by atoms with E-state index < -0.39 is 10.0 Å². The highest BCUT2D eigenvalue weighted by atomic mass is 32.2. The highest BCUT2D eigenvalue weighted by Gasteiger charge is 2.38. The SMILES string of the molecule is CCC(C)c1ccc(S(=O)(=O)N(C2CCCCC2)C2CCCCC2)cc1. The van der Waals surface area contributed by atoms with Gasteiger partial charge in [0.25, 0.3) is 0 Å². The zero-order valence-corrected chi connectivity index (χ0v) is 17.3. The molecule has 2 fully saturated rings. The lowest BCUT2D eigenvalue weighted by molar-refractivity contribution is 0.169. The van der Waals surface area contributed by atoms with Crippen molar-refractivity contribution in [3.8, 4) is 0 Å². The Morgan fingerprint density at radius 3 is 1.77 bits per heavy atom. The van der Waals surface area contributed by atoms with Crippen LogP contribution in [0, 0.1) is 0 Å². The summed E-state index contributed by atoms with van der Waals surface area (Å²) >= 11 is 0. The van der Waals surface area contributed by atoms with E-state index >= 15 is 0 Å². The zero-order chi connectivity index (χ0) is 18.6. The summed E-state index contributed by atoms with van der Waals surface area (Å²) in [5.74, 6) is 0.472. The predicted octanol–water partition coefficient (Wildman–Crippen LogP) is 5.86. The molecule has 2 aliphatic rings. The Morgan fingerprint density at radius 1 is 0.885 bits per heavy atom. The number of benzene rings is 1. The third kappa shape index (κ3) is 4.33. The molecule has 146 valence electrons. The number of sulfonamides is 1. The molecule has 0 saturated heterocycles. The standard InChI is InChI=1S/C22H35NO2S/c1-3-18(2)19-14-16-22(17-15-19)26(24,25)23(20-10-6-4-7-11-20)21-12-8-5-9-13-21/h14-18,20-21H,3-13H2,1-2H3. The molecule has 0 bridgehead atoms. The van der Waals surface area contributed by atoms with Crippen LogP contribution in [0.1, 0.15) is 96.0 Å². The first kappa shape index (κ1) is 19.9. The lowest BCUT2D eigenvalue weighted by Crippen LogP contribution is -2.48. The highest BCUT2D eigenvalue weighted by molar-refractivity contribution is 7.89. The van der Waals surface area contributed by atoms with Crippen LogP contribution in [0.3, 0.4) is 0 Å². The molecule has 4 heteroatoms. The first-order valence-corrected chi connectivity index (χ1v) is 12.1. The van der Waals surface area contributed by atoms with Crippen molar-refractivity contribution in [1.29, 1.82) is 0 Å². The molecule has 0 aliphatic heterocycles. The van der Waals surface area contributed by atoms with Crippen molar-refractivity contribution in [3.05, 3.63) is 29.8 Å². The van der Waals surface area contributed by atoms with Crippen LogP contribution in [-0.2, 0) is 10.0 Å². The van der Waals surface area contributed by atoms with Gasteiger partial charge in [-0.1, -0.05) is 64.5 Å². The van der Waals surface area contributed by atoms with Crippen LogP contribution in [-0.4, -0.2) is 24.8 Å². The summed E-state index contributed by atoms with van der Waals surface area (Å²) < 4.78 is 29.2. The van der Waals surface area contributed by atoms with Gasteiger partial charge < -0.3 is 0 Å². The lowest BCUT2D eigenvalue weighted by Gasteiger charge is -2.40. The normalized spacial score (nSPS) is 21.8. The van der Waals surface area contributed by atoms with E-state index in [1.165, 1.54) is 18.4 Å². The molecule has 1 atom stereocenters. The van der Waals surface area contributed by atoms with Gasteiger partial charge in [0.15, 0.2) is 0 Å². The third-order valence-electron chi connectivity index (χ3n) is 6.51. The van der Waals surface area contributed by atoms with Crippen molar-refractivity contribution in [2.75, 3.05) is 0 Å². The van der Waals surface area contributed by atoms with Gasteiger partial charge in [0.2, 0.25) is 10.0 Å². The van der Waals surface area contributed by atoms with Gasteiger partial charge >= 0.3 is 0 Å². The summed E-state index contributed by atoms with van der Waals surface area (Å²) in [5, 5.41) is 0. The maximum atomic E-state index is 13.6. The summed E-state index contributed by atoms with van der Waals surface area (Å²) in [7, 11) is -3.42. The summed E-state index contributed by atoms with van der Waals surface area (Å²) in [6.07, 6.45) is 12.3. The van der Waals surface area contributed by atoms with Gasteiger partial charge in [0, 0.05) is 12.1 Å². The van der Waals surface area contributed by atoms with E-state index in [2.05, 4.69) is 13.8 Å². The van der Waals surface area contributed by atoms with Crippen molar-refractivity contribution in [3.63, 3.8) is 0 Å². The summed E-state index contributed by atoms with van der Waals surface area (Å²) in [6.45, 7) is 4.36. The zero-order valence-electron chi connectivity index (χ0n) is 16.5. The quantitative estimate of drug-likeness (QED) is 0.623. The third-order valence-corrected chi connectivity index (χ3v) is 8.53. The fourth-order valence-corrected chi connectivity index (χ4v) is 6.62. The van der Waals surface area contributed by atoms with E-state index in [0.717, 1.165) is 57.8 Å². The molecule has 1 aromatic carbocycles. The second kappa shape index (κ2) is 8.88. The van der Waals surface area contributed by atoms with Gasteiger partial charge in [-0.15, -0.1) is 0 Å². The van der Waals surface area contributed by atoms with E-state index in [4.69, 9.17) is 0 Å². The van der Waals surface area contributed by atoms with E-state index in [9.17, 15) is 8.42 Å². The molecular weight excluding hydrogens is 342 g/mol. The largest absolute Gasteiger partial charge is 0.243 e. The topological polar surface area (TPSA) is 37.4 Å². The van der Waals surface area contributed by atoms with E-state index in [0.29, 0.717) is 10.8 Å². The Morgan fingerprint density at radius 2 is 1.35 bits per heavy atom. The fraction of sp³-hybridized carbons (Fsp3) is 0.727. The van der Waals surface area contributed by atoms with Crippen LogP contribution in [0.15, 0.2) is 29.2 Å². The molecule has 2 saturated carbocycles. The summed E-state index contributed by atoms with van der Waals surface area (Å²) in [6, 6.07) is 8.12. The predicted molar refractivity (Wildman–Crippen MR) is 108 cm³/mol. The maximum Gasteiger partial charge on any atom is 0.243 e. The smallest absolute Gasteiger partial charge is 0.207 e. The van der Waals surface area contributed by atoms with Crippen LogP contribution in [0.5, 0.6) is 0 Å². The molecular formula is C22H35NO2S. The van der Waals surface area contributed by atoms with E-state index in [1.807, 2.05) is 28.6 Å². The molecule has 0 radical (unpaired) electrons. The first-order valence-electron chi connectivity index (χ1n) is 10.7. The number of nitrogens with zero attached hydrogens (tertiary/aromatic N) is 1. The molecule has 0 spiro atoms. The van der Waals surface area contributed by atoms with Crippen LogP contribution in [0.25, 0.3) is 0 Å². The van der Waals surface area contributed by atoms with Crippen molar-refractivity contribution in [2.24, 2.45) is 0 Å². The molecule has 1 aromatic rings. The number of hydrogen-bond acceptors (Lipinski definition) is 2. The van der Waals surface area contributed by atoms with Crippen molar-refractivity contribution in [2.45, 2.75) is 107 Å². The number of hydrogen-bond donors (Lipinski definition) is 0. The molecule has 0 amide bonds. The Labute approximate surface area is 160 Å². The Hall–Kier alpha value is -0.870. The average Bonchev–Trinajstić information content (AvgIpc) is 2.69. The van der Waals surface area contributed by atoms with Crippen molar-refractivity contribution < 1.29 is 8.42 Å². The summed E-state index contributed by atoms with van der Waals surface area (Å²) in [4.78, 5) is 0.487. The van der Waals surface area contributed by atoms with Gasteiger partial charge in [-0.3, -0.25) is 0 Å². The molecule has 26 heavy (non-hydrogen) atoms. The fourth-order valence-electron chi connectivity index (χ4n) is 4.69. The minimum atomic E-state index is -3.42. The summed E-state index contributed by atoms with van der Waals surface area (Å²) in [5.41, 5.74) is 1.23. The van der Waals surface area contributed by atoms with E-state index in [1.54, 1.807) is 0 Å². The van der Waals surface area contributed by atoms with Gasteiger partial charge in [0.05, 0.1) is 4.90 Å². The Balaban J connectivity index is 1.90. The minimum Gasteiger partial charge on any atom is -0.207 e. The lowest BCUT2D eigenvalue weighted by atomic mass is 9.91. The molecule has 3 nitrogen and oxygen atoms in total. The molecule has 0 heterocycles. The first-order chi connectivity index (χ1) is 12.5. The maximum absolute atomic E-state index is 13.6. The van der Waals surface area contributed by atoms with Crippen molar-refractivity contribution >= 4 is 10.0 Å². The minimum absolute atomic E-state index is 0.200. The van der Waals surface area contributed by atoms with E-state index in [-0.39, 0.29) is 12.1 Å². The van der Waals surface area contributed by atoms with Crippen LogP contribution in [0.2, 0.25) is 0 Å². The van der Waals surface area contributed by atoms with Crippen LogP contribution >= 0.6 is 0 Å². The van der Waals surface area contributed by atoms with Gasteiger partial charge in [0.1, 0.15) is 0 Å². The monoisotopic (exact) mass is 377 g/mol. The van der Waals surface area contributed by atoms with Crippen LogP contribution < -0.4 is 0 Å². The van der Waals surface area contributed by atoms with Crippen molar-refractivity contribution in [1.82, 2.24) is 4.31 Å². The highest BCUT2D eigenvalue weighted by Crippen LogP contribution is 2.35. The molecule has 0 aromatic heterocycles. The molecule has 0 N–H and O–H groups in total. The molecule has 2 aliphatic carbocycles. The second-order valence-electron chi connectivity index (χ2n) is 8.30. The van der Waals surface area contributed by atoms with Crippen LogP contribution in [0.4, 0.5) is 0 Å². The average molecular weight is 378 g/mol. The Bertz CT molecular complexity index is 638. The van der Waals surface area contributed by atoms with Gasteiger partial charge in [-0.2, -0.15) is 4.31 Å². The van der Waals surface area contributed by atoms with Gasteiger partial charge in [-0.05, 0) is 55.7 Å². The molecule has 1 unspecified atom stereocenters. The Kier molecular flexibility index (Phi) is 6.79. The van der Waals surface area contributed by atoms with Gasteiger partial charge in [-0.25, -0.2) is 8.42 Å². The second-order valence-corrected chi connectivity index (χ2v) is 10.1. The number of rotatable bonds is 6. The molecule has 3 rings (SSSR count).